The second-order valence-electron chi connectivity index (χ2n) is 5.57. The number of rotatable bonds is 6. The molecule has 0 amide bonds. The van der Waals surface area contributed by atoms with Crippen molar-refractivity contribution in [2.45, 2.75) is 23.6 Å². The zero-order chi connectivity index (χ0) is 19.4. The van der Waals surface area contributed by atoms with Crippen molar-refractivity contribution in [1.82, 2.24) is 4.57 Å². The molecule has 0 bridgehead atoms. The molecule has 0 aliphatic rings. The molecule has 0 saturated heterocycles. The molecule has 0 unspecified atom stereocenters. The van der Waals surface area contributed by atoms with Gasteiger partial charge in [-0.2, -0.15) is 5.26 Å². The fraction of sp³-hybridized carbons (Fsp3) is 0.150. The van der Waals surface area contributed by atoms with Crippen molar-refractivity contribution in [3.05, 3.63) is 68.6 Å². The summed E-state index contributed by atoms with van der Waals surface area (Å²) < 4.78 is 8.44. The van der Waals surface area contributed by atoms with Gasteiger partial charge in [0.15, 0.2) is 0 Å². The van der Waals surface area contributed by atoms with Gasteiger partial charge in [0.25, 0.3) is 0 Å². The molecule has 3 nitrogen and oxygen atoms in total. The van der Waals surface area contributed by atoms with Gasteiger partial charge in [0.05, 0.1) is 20.8 Å². The fourth-order valence-electron chi connectivity index (χ4n) is 2.60. The molecular formula is C20H15BrCl2N2OS. The molecule has 0 aliphatic carbocycles. The standard InChI is InChI=1S/C20H15BrCl2N2OS/c1-2-26-12-25-19(13-3-5-14(22)6-4-13)17(11-24)18(21)20(25)27-16-9-7-15(23)8-10-16/h3-10H,2,12H2,1H3. The van der Waals surface area contributed by atoms with Crippen LogP contribution in [0, 0.1) is 11.3 Å². The number of hydrogen-bond acceptors (Lipinski definition) is 3. The molecule has 1 heterocycles. The molecular weight excluding hydrogens is 467 g/mol. The summed E-state index contributed by atoms with van der Waals surface area (Å²) in [6.45, 7) is 2.85. The van der Waals surface area contributed by atoms with Crippen molar-refractivity contribution < 1.29 is 4.74 Å². The first kappa shape index (κ1) is 20.3. The lowest BCUT2D eigenvalue weighted by Gasteiger charge is -2.14. The molecule has 138 valence electrons. The molecule has 7 heteroatoms. The van der Waals surface area contributed by atoms with Gasteiger partial charge >= 0.3 is 0 Å². The summed E-state index contributed by atoms with van der Waals surface area (Å²) in [6, 6.07) is 17.4. The Labute approximate surface area is 181 Å². The van der Waals surface area contributed by atoms with Crippen LogP contribution >= 0.6 is 50.9 Å². The highest BCUT2D eigenvalue weighted by Crippen LogP contribution is 2.43. The van der Waals surface area contributed by atoms with Crippen LogP contribution in [-0.2, 0) is 11.5 Å². The van der Waals surface area contributed by atoms with E-state index in [2.05, 4.69) is 22.0 Å². The molecule has 0 N–H and O–H groups in total. The first-order valence-electron chi connectivity index (χ1n) is 8.14. The van der Waals surface area contributed by atoms with E-state index in [0.717, 1.165) is 25.7 Å². The minimum atomic E-state index is 0.338. The number of nitriles is 1. The number of aromatic nitrogens is 1. The molecule has 1 aromatic heterocycles. The SMILES string of the molecule is CCOCn1c(Sc2ccc(Cl)cc2)c(Br)c(C#N)c1-c1ccc(Cl)cc1. The maximum atomic E-state index is 9.79. The molecule has 0 atom stereocenters. The van der Waals surface area contributed by atoms with Crippen molar-refractivity contribution in [1.29, 1.82) is 5.26 Å². The van der Waals surface area contributed by atoms with Crippen molar-refractivity contribution in [2.24, 2.45) is 0 Å². The van der Waals surface area contributed by atoms with Crippen LogP contribution in [0.5, 0.6) is 0 Å². The van der Waals surface area contributed by atoms with E-state index in [4.69, 9.17) is 27.9 Å². The van der Waals surface area contributed by atoms with Crippen LogP contribution in [0.1, 0.15) is 12.5 Å². The highest BCUT2D eigenvalue weighted by Gasteiger charge is 2.23. The van der Waals surface area contributed by atoms with Gasteiger partial charge in [0.1, 0.15) is 12.8 Å². The van der Waals surface area contributed by atoms with Crippen molar-refractivity contribution in [3.63, 3.8) is 0 Å². The number of nitrogens with zero attached hydrogens (tertiary/aromatic N) is 2. The second kappa shape index (κ2) is 9.18. The van der Waals surface area contributed by atoms with Gasteiger partial charge in [-0.3, -0.25) is 0 Å². The Kier molecular flexibility index (Phi) is 6.91. The molecule has 0 spiro atoms. The molecule has 27 heavy (non-hydrogen) atoms. The Balaban J connectivity index is 2.15. The van der Waals surface area contributed by atoms with Gasteiger partial charge in [0, 0.05) is 21.5 Å². The molecule has 0 aliphatic heterocycles. The van der Waals surface area contributed by atoms with Gasteiger partial charge in [0.2, 0.25) is 0 Å². The minimum Gasteiger partial charge on any atom is -0.361 e. The zero-order valence-electron chi connectivity index (χ0n) is 14.4. The van der Waals surface area contributed by atoms with Crippen molar-refractivity contribution in [2.75, 3.05) is 6.61 Å². The van der Waals surface area contributed by atoms with Crippen LogP contribution in [0.25, 0.3) is 11.3 Å². The Bertz CT molecular complexity index is 979. The number of ether oxygens (including phenoxy) is 1. The molecule has 0 radical (unpaired) electrons. The van der Waals surface area contributed by atoms with Crippen LogP contribution in [-0.4, -0.2) is 11.2 Å². The molecule has 3 rings (SSSR count). The summed E-state index contributed by atoms with van der Waals surface area (Å²) in [7, 11) is 0. The number of hydrogen-bond donors (Lipinski definition) is 0. The predicted octanol–water partition coefficient (Wildman–Crippen LogP) is 7.24. The molecule has 3 aromatic rings. The molecule has 2 aromatic carbocycles. The fourth-order valence-corrected chi connectivity index (χ4v) is 4.52. The highest BCUT2D eigenvalue weighted by atomic mass is 79.9. The Hall–Kier alpha value is -1.42. The lowest BCUT2D eigenvalue weighted by atomic mass is 10.1. The lowest BCUT2D eigenvalue weighted by molar-refractivity contribution is 0.0838. The quantitative estimate of drug-likeness (QED) is 0.372. The normalized spacial score (nSPS) is 10.8. The number of benzene rings is 2. The van der Waals surface area contributed by atoms with Crippen molar-refractivity contribution >= 4 is 50.9 Å². The first-order valence-corrected chi connectivity index (χ1v) is 10.5. The van der Waals surface area contributed by atoms with Gasteiger partial charge in [-0.1, -0.05) is 47.1 Å². The second-order valence-corrected chi connectivity index (χ2v) is 8.30. The first-order chi connectivity index (χ1) is 13.0. The average Bonchev–Trinajstić information content (AvgIpc) is 2.93. The third-order valence-corrected chi connectivity index (χ3v) is 6.51. The largest absolute Gasteiger partial charge is 0.361 e. The monoisotopic (exact) mass is 480 g/mol. The lowest BCUT2D eigenvalue weighted by Crippen LogP contribution is -2.05. The van der Waals surface area contributed by atoms with E-state index in [1.165, 1.54) is 0 Å². The van der Waals surface area contributed by atoms with E-state index in [0.29, 0.717) is 28.9 Å². The van der Waals surface area contributed by atoms with Crippen molar-refractivity contribution in [3.8, 4) is 17.3 Å². The average molecular weight is 482 g/mol. The number of halogens is 3. The Morgan fingerprint density at radius 2 is 1.67 bits per heavy atom. The summed E-state index contributed by atoms with van der Waals surface area (Å²) in [5.41, 5.74) is 2.26. The maximum Gasteiger partial charge on any atom is 0.123 e. The van der Waals surface area contributed by atoms with E-state index < -0.39 is 0 Å². The van der Waals surface area contributed by atoms with Crippen LogP contribution < -0.4 is 0 Å². The molecule has 0 fully saturated rings. The zero-order valence-corrected chi connectivity index (χ0v) is 18.3. The molecule has 0 saturated carbocycles. The minimum absolute atomic E-state index is 0.338. The Morgan fingerprint density at radius 3 is 2.22 bits per heavy atom. The van der Waals surface area contributed by atoms with Gasteiger partial charge in [-0.15, -0.1) is 0 Å². The van der Waals surface area contributed by atoms with E-state index in [9.17, 15) is 5.26 Å². The van der Waals surface area contributed by atoms with Gasteiger partial charge in [-0.25, -0.2) is 0 Å². The van der Waals surface area contributed by atoms with Crippen LogP contribution in [0.4, 0.5) is 0 Å². The van der Waals surface area contributed by atoms with E-state index in [1.807, 2.05) is 60.0 Å². The third kappa shape index (κ3) is 4.53. The summed E-state index contributed by atoms with van der Waals surface area (Å²) >= 11 is 17.2. The summed E-state index contributed by atoms with van der Waals surface area (Å²) in [5, 5.41) is 12.0. The summed E-state index contributed by atoms with van der Waals surface area (Å²) in [6.07, 6.45) is 0. The smallest absolute Gasteiger partial charge is 0.123 e. The van der Waals surface area contributed by atoms with Gasteiger partial charge < -0.3 is 9.30 Å². The summed E-state index contributed by atoms with van der Waals surface area (Å²) in [4.78, 5) is 1.02. The van der Waals surface area contributed by atoms with Crippen LogP contribution in [0.3, 0.4) is 0 Å². The summed E-state index contributed by atoms with van der Waals surface area (Å²) in [5.74, 6) is 0. The van der Waals surface area contributed by atoms with Crippen LogP contribution in [0.15, 0.2) is 62.9 Å². The third-order valence-electron chi connectivity index (χ3n) is 3.84. The van der Waals surface area contributed by atoms with E-state index in [-0.39, 0.29) is 0 Å². The highest BCUT2D eigenvalue weighted by molar-refractivity contribution is 9.10. The topological polar surface area (TPSA) is 38.0 Å². The van der Waals surface area contributed by atoms with Gasteiger partial charge in [-0.05, 0) is 64.8 Å². The predicted molar refractivity (Wildman–Crippen MR) is 114 cm³/mol. The Morgan fingerprint density at radius 1 is 1.07 bits per heavy atom. The van der Waals surface area contributed by atoms with Crippen LogP contribution in [0.2, 0.25) is 10.0 Å². The van der Waals surface area contributed by atoms with E-state index in [1.54, 1.807) is 11.8 Å². The van der Waals surface area contributed by atoms with E-state index >= 15 is 0 Å². The maximum absolute atomic E-state index is 9.79.